The lowest BCUT2D eigenvalue weighted by Gasteiger charge is -2.24. The molecule has 0 spiro atoms. The number of carbonyl (C=O) groups excluding carboxylic acids is 2. The molecule has 0 saturated heterocycles. The Bertz CT molecular complexity index is 476. The van der Waals surface area contributed by atoms with Gasteiger partial charge in [0.05, 0.1) is 5.92 Å². The normalized spacial score (nSPS) is 14.9. The first-order valence-electron chi connectivity index (χ1n) is 7.24. The number of nitrogens with one attached hydrogen (secondary N) is 1. The maximum atomic E-state index is 12.2. The third-order valence-electron chi connectivity index (χ3n) is 3.72. The lowest BCUT2D eigenvalue weighted by Crippen LogP contribution is -2.48. The second kappa shape index (κ2) is 7.78. The van der Waals surface area contributed by atoms with Crippen LogP contribution < -0.4 is 11.1 Å². The minimum Gasteiger partial charge on any atom is -0.344 e. The Morgan fingerprint density at radius 2 is 1.81 bits per heavy atom. The second-order valence-corrected chi connectivity index (χ2v) is 5.31. The lowest BCUT2D eigenvalue weighted by molar-refractivity contribution is -0.135. The van der Waals surface area contributed by atoms with Crippen LogP contribution in [0.2, 0.25) is 0 Å². The van der Waals surface area contributed by atoms with Gasteiger partial charge < -0.3 is 16.0 Å². The number of carbonyl (C=O) groups is 2. The van der Waals surface area contributed by atoms with Crippen LogP contribution >= 0.6 is 0 Å². The van der Waals surface area contributed by atoms with Crippen molar-refractivity contribution in [2.75, 3.05) is 13.6 Å². The van der Waals surface area contributed by atoms with E-state index >= 15 is 0 Å². The number of rotatable bonds is 6. The lowest BCUT2D eigenvalue weighted by atomic mass is 9.94. The molecule has 0 heterocycles. The van der Waals surface area contributed by atoms with E-state index in [1.807, 2.05) is 37.3 Å². The summed E-state index contributed by atoms with van der Waals surface area (Å²) in [7, 11) is 1.71. The Hall–Kier alpha value is -1.88. The summed E-state index contributed by atoms with van der Waals surface area (Å²) >= 11 is 0. The number of nitrogens with zero attached hydrogens (tertiary/aromatic N) is 1. The summed E-state index contributed by atoms with van der Waals surface area (Å²) in [5, 5.41) is 2.74. The maximum absolute atomic E-state index is 12.2. The fourth-order valence-corrected chi connectivity index (χ4v) is 2.02. The number of benzene rings is 1. The quantitative estimate of drug-likeness (QED) is 0.829. The van der Waals surface area contributed by atoms with Crippen LogP contribution in [0, 0.1) is 5.92 Å². The van der Waals surface area contributed by atoms with Crippen molar-refractivity contribution in [3.63, 3.8) is 0 Å². The monoisotopic (exact) mass is 291 g/mol. The van der Waals surface area contributed by atoms with Crippen LogP contribution in [-0.4, -0.2) is 36.3 Å². The molecule has 0 radical (unpaired) electrons. The standard InChI is InChI=1S/C16H25N3O2/c1-5-19(4)16(21)12(3)18-15(20)11(2)14(17)13-9-7-6-8-10-13/h6-12,14H,5,17H2,1-4H3,(H,18,20). The second-order valence-electron chi connectivity index (χ2n) is 5.31. The molecule has 5 heteroatoms. The van der Waals surface area contributed by atoms with E-state index in [1.165, 1.54) is 0 Å². The Labute approximate surface area is 126 Å². The summed E-state index contributed by atoms with van der Waals surface area (Å²) in [5.74, 6) is -0.724. The molecule has 1 aromatic carbocycles. The van der Waals surface area contributed by atoms with Crippen molar-refractivity contribution in [1.82, 2.24) is 10.2 Å². The van der Waals surface area contributed by atoms with Gasteiger partial charge in [-0.15, -0.1) is 0 Å². The summed E-state index contributed by atoms with van der Waals surface area (Å²) < 4.78 is 0. The van der Waals surface area contributed by atoms with Gasteiger partial charge >= 0.3 is 0 Å². The highest BCUT2D eigenvalue weighted by atomic mass is 16.2. The van der Waals surface area contributed by atoms with Gasteiger partial charge in [-0.1, -0.05) is 37.3 Å². The molecule has 0 saturated carbocycles. The van der Waals surface area contributed by atoms with Crippen molar-refractivity contribution < 1.29 is 9.59 Å². The van der Waals surface area contributed by atoms with Crippen LogP contribution in [0.3, 0.4) is 0 Å². The summed E-state index contributed by atoms with van der Waals surface area (Å²) in [6.45, 7) is 5.96. The number of likely N-dealkylation sites (N-methyl/N-ethyl adjacent to an activating group) is 1. The van der Waals surface area contributed by atoms with E-state index in [4.69, 9.17) is 5.73 Å². The van der Waals surface area contributed by atoms with Gasteiger partial charge in [-0.05, 0) is 19.4 Å². The molecule has 3 atom stereocenters. The van der Waals surface area contributed by atoms with E-state index in [2.05, 4.69) is 5.32 Å². The largest absolute Gasteiger partial charge is 0.344 e. The number of amides is 2. The average molecular weight is 291 g/mol. The third kappa shape index (κ3) is 4.56. The Morgan fingerprint density at radius 1 is 1.24 bits per heavy atom. The molecule has 1 rings (SSSR count). The molecule has 3 N–H and O–H groups in total. The summed E-state index contributed by atoms with van der Waals surface area (Å²) in [5.41, 5.74) is 7.03. The van der Waals surface area contributed by atoms with Crippen molar-refractivity contribution in [3.05, 3.63) is 35.9 Å². The smallest absolute Gasteiger partial charge is 0.244 e. The van der Waals surface area contributed by atoms with Crippen molar-refractivity contribution >= 4 is 11.8 Å². The molecular formula is C16H25N3O2. The van der Waals surface area contributed by atoms with Gasteiger partial charge in [0.25, 0.3) is 0 Å². The predicted molar refractivity (Wildman–Crippen MR) is 83.5 cm³/mol. The van der Waals surface area contributed by atoms with Crippen LogP contribution in [0.5, 0.6) is 0 Å². The van der Waals surface area contributed by atoms with Crippen molar-refractivity contribution in [3.8, 4) is 0 Å². The van der Waals surface area contributed by atoms with Crippen LogP contribution in [0.15, 0.2) is 30.3 Å². The zero-order valence-electron chi connectivity index (χ0n) is 13.2. The van der Waals surface area contributed by atoms with Crippen molar-refractivity contribution in [1.29, 1.82) is 0 Å². The molecule has 3 unspecified atom stereocenters. The molecule has 2 amide bonds. The molecule has 1 aromatic rings. The molecule has 0 aliphatic rings. The molecule has 0 bridgehead atoms. The van der Waals surface area contributed by atoms with Gasteiger partial charge in [-0.25, -0.2) is 0 Å². The fraction of sp³-hybridized carbons (Fsp3) is 0.500. The minimum absolute atomic E-state index is 0.105. The number of hydrogen-bond acceptors (Lipinski definition) is 3. The summed E-state index contributed by atoms with van der Waals surface area (Å²) in [6.07, 6.45) is 0. The van der Waals surface area contributed by atoms with Gasteiger partial charge in [0.15, 0.2) is 0 Å². The van der Waals surface area contributed by atoms with Gasteiger partial charge in [0.1, 0.15) is 6.04 Å². The first-order valence-corrected chi connectivity index (χ1v) is 7.24. The van der Waals surface area contributed by atoms with E-state index in [0.717, 1.165) is 5.56 Å². The molecule has 21 heavy (non-hydrogen) atoms. The van der Waals surface area contributed by atoms with Gasteiger partial charge in [-0.3, -0.25) is 9.59 Å². The molecule has 5 nitrogen and oxygen atoms in total. The van der Waals surface area contributed by atoms with Crippen LogP contribution in [0.4, 0.5) is 0 Å². The van der Waals surface area contributed by atoms with Gasteiger partial charge in [0, 0.05) is 19.6 Å². The Kier molecular flexibility index (Phi) is 6.37. The Morgan fingerprint density at radius 3 is 2.33 bits per heavy atom. The first-order chi connectivity index (χ1) is 9.88. The van der Waals surface area contributed by atoms with E-state index in [0.29, 0.717) is 6.54 Å². The number of hydrogen-bond donors (Lipinski definition) is 2. The first kappa shape index (κ1) is 17.2. The molecule has 0 aromatic heterocycles. The summed E-state index contributed by atoms with van der Waals surface area (Å²) in [4.78, 5) is 25.7. The zero-order chi connectivity index (χ0) is 16.0. The van der Waals surface area contributed by atoms with Crippen molar-refractivity contribution in [2.45, 2.75) is 32.9 Å². The fourth-order valence-electron chi connectivity index (χ4n) is 2.02. The predicted octanol–water partition coefficient (Wildman–Crippen LogP) is 1.31. The van der Waals surface area contributed by atoms with E-state index < -0.39 is 18.0 Å². The summed E-state index contributed by atoms with van der Waals surface area (Å²) in [6, 6.07) is 8.54. The van der Waals surface area contributed by atoms with E-state index in [9.17, 15) is 9.59 Å². The van der Waals surface area contributed by atoms with Gasteiger partial charge in [0.2, 0.25) is 11.8 Å². The van der Waals surface area contributed by atoms with E-state index in [-0.39, 0.29) is 11.8 Å². The highest BCUT2D eigenvalue weighted by Crippen LogP contribution is 2.19. The van der Waals surface area contributed by atoms with Gasteiger partial charge in [-0.2, -0.15) is 0 Å². The van der Waals surface area contributed by atoms with Crippen LogP contribution in [0.1, 0.15) is 32.4 Å². The van der Waals surface area contributed by atoms with Crippen molar-refractivity contribution in [2.24, 2.45) is 11.7 Å². The minimum atomic E-state index is -0.548. The molecular weight excluding hydrogens is 266 g/mol. The Balaban J connectivity index is 2.64. The molecule has 0 aliphatic carbocycles. The highest BCUT2D eigenvalue weighted by Gasteiger charge is 2.25. The number of nitrogens with two attached hydrogens (primary N) is 1. The molecule has 0 fully saturated rings. The maximum Gasteiger partial charge on any atom is 0.244 e. The molecule has 116 valence electrons. The molecule has 0 aliphatic heterocycles. The topological polar surface area (TPSA) is 75.4 Å². The van der Waals surface area contributed by atoms with Crippen LogP contribution in [-0.2, 0) is 9.59 Å². The SMILES string of the molecule is CCN(C)C(=O)C(C)NC(=O)C(C)C(N)c1ccccc1. The van der Waals surface area contributed by atoms with Crippen LogP contribution in [0.25, 0.3) is 0 Å². The zero-order valence-corrected chi connectivity index (χ0v) is 13.2. The third-order valence-corrected chi connectivity index (χ3v) is 3.72. The highest BCUT2D eigenvalue weighted by molar-refractivity contribution is 5.88. The average Bonchev–Trinajstić information content (AvgIpc) is 2.52. The van der Waals surface area contributed by atoms with E-state index in [1.54, 1.807) is 25.8 Å².